The second-order valence-corrected chi connectivity index (χ2v) is 4.64. The predicted octanol–water partition coefficient (Wildman–Crippen LogP) is 4.27. The Labute approximate surface area is 107 Å². The molecule has 1 N–H and O–H groups in total. The van der Waals surface area contributed by atoms with Crippen molar-refractivity contribution < 1.29 is 0 Å². The minimum Gasteiger partial charge on any atom is -0.361 e. The lowest BCUT2D eigenvalue weighted by Crippen LogP contribution is -1.87. The molecule has 0 saturated carbocycles. The van der Waals surface area contributed by atoms with E-state index in [-0.39, 0.29) is 0 Å². The summed E-state index contributed by atoms with van der Waals surface area (Å²) in [6.07, 6.45) is 5.36. The minimum atomic E-state index is 0.974. The smallest absolute Gasteiger partial charge is 0.0486 e. The predicted molar refractivity (Wildman–Crippen MR) is 76.6 cm³/mol. The maximum absolute atomic E-state index is 3.36. The van der Waals surface area contributed by atoms with E-state index in [1.54, 1.807) is 0 Å². The number of rotatable bonds is 3. The van der Waals surface area contributed by atoms with Crippen LogP contribution in [-0.2, 0) is 6.42 Å². The van der Waals surface area contributed by atoms with Gasteiger partial charge in [0.15, 0.2) is 0 Å². The summed E-state index contributed by atoms with van der Waals surface area (Å²) in [4.78, 5) is 3.36. The molecule has 0 spiro atoms. The average molecular weight is 234 g/mol. The van der Waals surface area contributed by atoms with Gasteiger partial charge in [-0.3, -0.25) is 0 Å². The summed E-state index contributed by atoms with van der Waals surface area (Å²) in [5, 5.41) is 1.31. The van der Waals surface area contributed by atoms with E-state index in [1.165, 1.54) is 27.6 Å². The monoisotopic (exact) mass is 234 g/mol. The van der Waals surface area contributed by atoms with Crippen molar-refractivity contribution in [3.63, 3.8) is 0 Å². The van der Waals surface area contributed by atoms with Crippen LogP contribution in [0.2, 0.25) is 0 Å². The summed E-state index contributed by atoms with van der Waals surface area (Å²) >= 11 is 0. The van der Waals surface area contributed by atoms with Gasteiger partial charge < -0.3 is 4.98 Å². The number of para-hydroxylation sites is 1. The molecule has 2 aromatic carbocycles. The highest BCUT2D eigenvalue weighted by Crippen LogP contribution is 2.23. The highest BCUT2D eigenvalue weighted by molar-refractivity contribution is 5.86. The molecule has 0 amide bonds. The first kappa shape index (κ1) is 11.1. The molecule has 0 unspecified atom stereocenters. The fraction of sp³-hybridized carbons (Fsp3) is 0.118. The normalized spacial score (nSPS) is 10.9. The Balaban J connectivity index is 1.85. The standard InChI is InChI=1S/C17H16N/c1-13-6-5-9-16-15(12-18-17(13)16)11-10-14-7-3-2-4-8-14/h2-9,11-12,18H,10H2,1H3. The third-order valence-corrected chi connectivity index (χ3v) is 3.36. The number of hydrogen-bond donors (Lipinski definition) is 1. The van der Waals surface area contributed by atoms with Crippen LogP contribution in [0.5, 0.6) is 0 Å². The van der Waals surface area contributed by atoms with Gasteiger partial charge in [0.1, 0.15) is 0 Å². The summed E-state index contributed by atoms with van der Waals surface area (Å²) < 4.78 is 0. The third kappa shape index (κ3) is 2.04. The van der Waals surface area contributed by atoms with Gasteiger partial charge in [0.25, 0.3) is 0 Å². The minimum absolute atomic E-state index is 0.974. The van der Waals surface area contributed by atoms with Crippen LogP contribution in [0.1, 0.15) is 16.7 Å². The van der Waals surface area contributed by atoms with Gasteiger partial charge in [-0.15, -0.1) is 0 Å². The Morgan fingerprint density at radius 1 is 1.00 bits per heavy atom. The first-order valence-electron chi connectivity index (χ1n) is 6.28. The highest BCUT2D eigenvalue weighted by Gasteiger charge is 2.05. The molecule has 18 heavy (non-hydrogen) atoms. The van der Waals surface area contributed by atoms with E-state index in [9.17, 15) is 0 Å². The van der Waals surface area contributed by atoms with Crippen LogP contribution in [0.4, 0.5) is 0 Å². The van der Waals surface area contributed by atoms with Crippen molar-refractivity contribution >= 4 is 10.9 Å². The molecule has 1 nitrogen and oxygen atoms in total. The van der Waals surface area contributed by atoms with Crippen molar-refractivity contribution in [1.29, 1.82) is 0 Å². The van der Waals surface area contributed by atoms with Gasteiger partial charge in [-0.2, -0.15) is 0 Å². The van der Waals surface area contributed by atoms with Crippen molar-refractivity contribution in [2.75, 3.05) is 0 Å². The van der Waals surface area contributed by atoms with Gasteiger partial charge in [0, 0.05) is 17.1 Å². The molecule has 0 aliphatic carbocycles. The van der Waals surface area contributed by atoms with Gasteiger partial charge in [-0.1, -0.05) is 48.5 Å². The molecule has 1 aromatic heterocycles. The van der Waals surface area contributed by atoms with Gasteiger partial charge in [-0.25, -0.2) is 0 Å². The number of aromatic nitrogens is 1. The van der Waals surface area contributed by atoms with Crippen molar-refractivity contribution in [3.8, 4) is 0 Å². The molecular weight excluding hydrogens is 218 g/mol. The van der Waals surface area contributed by atoms with Gasteiger partial charge in [-0.05, 0) is 36.5 Å². The van der Waals surface area contributed by atoms with Gasteiger partial charge in [0.05, 0.1) is 0 Å². The Morgan fingerprint density at radius 3 is 2.67 bits per heavy atom. The van der Waals surface area contributed by atoms with Crippen LogP contribution >= 0.6 is 0 Å². The zero-order valence-electron chi connectivity index (χ0n) is 10.5. The van der Waals surface area contributed by atoms with E-state index < -0.39 is 0 Å². The summed E-state index contributed by atoms with van der Waals surface area (Å²) in [6, 6.07) is 17.0. The van der Waals surface area contributed by atoms with Crippen molar-refractivity contribution in [2.45, 2.75) is 13.3 Å². The molecule has 0 atom stereocenters. The maximum atomic E-state index is 3.36. The van der Waals surface area contributed by atoms with E-state index in [1.807, 2.05) is 0 Å². The molecule has 0 fully saturated rings. The number of fused-ring (bicyclic) bond motifs is 1. The van der Waals surface area contributed by atoms with E-state index in [2.05, 4.69) is 73.1 Å². The van der Waals surface area contributed by atoms with Crippen molar-refractivity contribution in [1.82, 2.24) is 4.98 Å². The number of benzene rings is 2. The third-order valence-electron chi connectivity index (χ3n) is 3.36. The number of aryl methyl sites for hydroxylation is 1. The zero-order chi connectivity index (χ0) is 12.4. The molecule has 3 rings (SSSR count). The number of aromatic amines is 1. The summed E-state index contributed by atoms with van der Waals surface area (Å²) in [5.41, 5.74) is 5.18. The van der Waals surface area contributed by atoms with Crippen LogP contribution in [-0.4, -0.2) is 4.98 Å². The molecule has 0 bridgehead atoms. The Morgan fingerprint density at radius 2 is 1.83 bits per heavy atom. The van der Waals surface area contributed by atoms with Crippen LogP contribution in [0.3, 0.4) is 0 Å². The summed E-state index contributed by atoms with van der Waals surface area (Å²) in [5.74, 6) is 0. The molecule has 1 radical (unpaired) electrons. The Kier molecular flexibility index (Phi) is 2.89. The lowest BCUT2D eigenvalue weighted by Gasteiger charge is -2.01. The molecule has 0 aliphatic rings. The SMILES string of the molecule is Cc1cccc2c([CH]Cc3ccccc3)c[nH]c12. The van der Waals surface area contributed by atoms with E-state index in [0.29, 0.717) is 0 Å². The molecule has 1 heterocycles. The molecule has 1 heteroatoms. The summed E-state index contributed by atoms with van der Waals surface area (Å²) in [6.45, 7) is 2.14. The first-order valence-corrected chi connectivity index (χ1v) is 6.28. The molecule has 0 saturated heterocycles. The van der Waals surface area contributed by atoms with Gasteiger partial charge in [0.2, 0.25) is 0 Å². The number of hydrogen-bond acceptors (Lipinski definition) is 0. The lowest BCUT2D eigenvalue weighted by atomic mass is 10.0. The quantitative estimate of drug-likeness (QED) is 0.696. The topological polar surface area (TPSA) is 15.8 Å². The number of H-pyrrole nitrogens is 1. The lowest BCUT2D eigenvalue weighted by molar-refractivity contribution is 1.17. The average Bonchev–Trinajstić information content (AvgIpc) is 2.82. The Hall–Kier alpha value is -2.02. The fourth-order valence-corrected chi connectivity index (χ4v) is 2.34. The van der Waals surface area contributed by atoms with Crippen LogP contribution in [0.15, 0.2) is 54.7 Å². The zero-order valence-corrected chi connectivity index (χ0v) is 10.5. The van der Waals surface area contributed by atoms with E-state index in [4.69, 9.17) is 0 Å². The maximum Gasteiger partial charge on any atom is 0.0486 e. The summed E-state index contributed by atoms with van der Waals surface area (Å²) in [7, 11) is 0. The Bertz CT molecular complexity index is 650. The highest BCUT2D eigenvalue weighted by atomic mass is 14.7. The van der Waals surface area contributed by atoms with Crippen LogP contribution in [0.25, 0.3) is 10.9 Å². The van der Waals surface area contributed by atoms with Gasteiger partial charge >= 0.3 is 0 Å². The largest absolute Gasteiger partial charge is 0.361 e. The second kappa shape index (κ2) is 4.69. The number of nitrogens with one attached hydrogen (secondary N) is 1. The van der Waals surface area contributed by atoms with Crippen LogP contribution in [0, 0.1) is 13.3 Å². The molecule has 89 valence electrons. The van der Waals surface area contributed by atoms with Crippen molar-refractivity contribution in [3.05, 3.63) is 77.8 Å². The fourth-order valence-electron chi connectivity index (χ4n) is 2.34. The van der Waals surface area contributed by atoms with E-state index >= 15 is 0 Å². The molecule has 0 aliphatic heterocycles. The van der Waals surface area contributed by atoms with Crippen molar-refractivity contribution in [2.24, 2.45) is 0 Å². The molecule has 3 aromatic rings. The van der Waals surface area contributed by atoms with E-state index in [0.717, 1.165) is 6.42 Å². The first-order chi connectivity index (χ1) is 8.84. The molecular formula is C17H16N. The second-order valence-electron chi connectivity index (χ2n) is 4.64. The van der Waals surface area contributed by atoms with Crippen LogP contribution < -0.4 is 0 Å².